The maximum Gasteiger partial charge on any atom is 0.324 e. The smallest absolute Gasteiger partial charge is 0.324 e. The summed E-state index contributed by atoms with van der Waals surface area (Å²) >= 11 is 0. The van der Waals surface area contributed by atoms with Crippen molar-refractivity contribution in [3.8, 4) is 11.5 Å². The molecule has 0 saturated carbocycles. The molecule has 1 heterocycles. The van der Waals surface area contributed by atoms with Crippen molar-refractivity contribution in [2.45, 2.75) is 6.04 Å². The maximum absolute atomic E-state index is 10.6. The minimum atomic E-state index is -1.10. The summed E-state index contributed by atoms with van der Waals surface area (Å²) in [5, 5.41) is 9.47. The molecule has 0 bridgehead atoms. The van der Waals surface area contributed by atoms with Crippen molar-refractivity contribution in [3.63, 3.8) is 0 Å². The number of carboxylic acid groups (broad SMARTS) is 1. The molecule has 0 aliphatic carbocycles. The molecule has 3 N–H and O–H groups in total. The van der Waals surface area contributed by atoms with E-state index in [0.29, 0.717) is 11.5 Å². The van der Waals surface area contributed by atoms with Gasteiger partial charge in [-0.3, -0.25) is 9.78 Å². The van der Waals surface area contributed by atoms with Gasteiger partial charge in [-0.1, -0.05) is 0 Å². The Bertz CT molecular complexity index is 600. The average Bonchev–Trinajstić information content (AvgIpc) is 2.43. The fourth-order valence-corrected chi connectivity index (χ4v) is 1.60. The number of benzene rings is 1. The van der Waals surface area contributed by atoms with Crippen molar-refractivity contribution >= 4 is 16.9 Å². The highest BCUT2D eigenvalue weighted by Crippen LogP contribution is 2.27. The predicted molar refractivity (Wildman–Crippen MR) is 69.4 cm³/mol. The predicted octanol–water partition coefficient (Wildman–Crippen LogP) is 1.03. The van der Waals surface area contributed by atoms with E-state index in [-0.39, 0.29) is 6.61 Å². The zero-order valence-electron chi connectivity index (χ0n) is 10.4. The third-order valence-electron chi connectivity index (χ3n) is 2.64. The van der Waals surface area contributed by atoms with Crippen molar-refractivity contribution in [1.82, 2.24) is 4.98 Å². The second-order valence-corrected chi connectivity index (χ2v) is 3.95. The lowest BCUT2D eigenvalue weighted by Crippen LogP contribution is -2.36. The van der Waals surface area contributed by atoms with Gasteiger partial charge in [-0.2, -0.15) is 0 Å². The van der Waals surface area contributed by atoms with Crippen molar-refractivity contribution in [2.24, 2.45) is 5.73 Å². The molecular formula is C13H14N2O4. The topological polar surface area (TPSA) is 94.7 Å². The zero-order chi connectivity index (χ0) is 13.8. The molecule has 1 unspecified atom stereocenters. The Balaban J connectivity index is 2.29. The largest absolute Gasteiger partial charge is 0.497 e. The first-order valence-electron chi connectivity index (χ1n) is 5.66. The van der Waals surface area contributed by atoms with Gasteiger partial charge < -0.3 is 20.3 Å². The fourth-order valence-electron chi connectivity index (χ4n) is 1.60. The summed E-state index contributed by atoms with van der Waals surface area (Å²) in [5.41, 5.74) is 6.14. The Hall–Kier alpha value is -2.34. The molecular weight excluding hydrogens is 248 g/mol. The van der Waals surface area contributed by atoms with E-state index >= 15 is 0 Å². The van der Waals surface area contributed by atoms with Crippen molar-refractivity contribution in [2.75, 3.05) is 13.7 Å². The molecule has 0 spiro atoms. The molecule has 100 valence electrons. The molecule has 19 heavy (non-hydrogen) atoms. The quantitative estimate of drug-likeness (QED) is 0.835. The van der Waals surface area contributed by atoms with Gasteiger partial charge in [0.2, 0.25) is 0 Å². The number of nitrogens with zero attached hydrogens (tertiary/aromatic N) is 1. The summed E-state index contributed by atoms with van der Waals surface area (Å²) in [6.07, 6.45) is 1.59. The summed E-state index contributed by atoms with van der Waals surface area (Å²) in [7, 11) is 1.57. The van der Waals surface area contributed by atoms with E-state index < -0.39 is 12.0 Å². The molecule has 2 rings (SSSR count). The molecule has 0 saturated heterocycles. The van der Waals surface area contributed by atoms with Gasteiger partial charge in [0.1, 0.15) is 24.1 Å². The number of nitrogens with two attached hydrogens (primary N) is 1. The zero-order valence-corrected chi connectivity index (χ0v) is 10.4. The van der Waals surface area contributed by atoms with Crippen LogP contribution in [0.4, 0.5) is 0 Å². The summed E-state index contributed by atoms with van der Waals surface area (Å²) in [6.45, 7) is -0.105. The van der Waals surface area contributed by atoms with Crippen molar-refractivity contribution < 1.29 is 19.4 Å². The number of pyridine rings is 1. The monoisotopic (exact) mass is 262 g/mol. The summed E-state index contributed by atoms with van der Waals surface area (Å²) < 4.78 is 10.6. The molecule has 6 nitrogen and oxygen atoms in total. The number of fused-ring (bicyclic) bond motifs is 1. The number of ether oxygens (including phenoxy) is 2. The van der Waals surface area contributed by atoms with Gasteiger partial charge in [0.05, 0.1) is 12.6 Å². The minimum Gasteiger partial charge on any atom is -0.497 e. The molecule has 0 radical (unpaired) electrons. The van der Waals surface area contributed by atoms with Crippen LogP contribution in [-0.2, 0) is 4.79 Å². The highest BCUT2D eigenvalue weighted by molar-refractivity contribution is 5.86. The number of hydrogen-bond acceptors (Lipinski definition) is 5. The van der Waals surface area contributed by atoms with Crippen LogP contribution in [0.2, 0.25) is 0 Å². The number of carbonyl (C=O) groups is 1. The summed E-state index contributed by atoms with van der Waals surface area (Å²) in [6, 6.07) is 5.98. The Kier molecular flexibility index (Phi) is 3.82. The van der Waals surface area contributed by atoms with Crippen LogP contribution >= 0.6 is 0 Å². The number of hydrogen-bond donors (Lipinski definition) is 2. The van der Waals surface area contributed by atoms with Crippen LogP contribution in [0, 0.1) is 0 Å². The Morgan fingerprint density at radius 3 is 2.95 bits per heavy atom. The van der Waals surface area contributed by atoms with Crippen LogP contribution in [-0.4, -0.2) is 35.8 Å². The molecule has 1 aromatic carbocycles. The average molecular weight is 262 g/mol. The second-order valence-electron chi connectivity index (χ2n) is 3.95. The third-order valence-corrected chi connectivity index (χ3v) is 2.64. The van der Waals surface area contributed by atoms with Crippen LogP contribution in [0.15, 0.2) is 30.5 Å². The highest BCUT2D eigenvalue weighted by atomic mass is 16.5. The van der Waals surface area contributed by atoms with Crippen LogP contribution < -0.4 is 15.2 Å². The third kappa shape index (κ3) is 2.92. The normalized spacial score (nSPS) is 12.1. The van der Waals surface area contributed by atoms with Gasteiger partial charge in [-0.05, 0) is 24.3 Å². The Morgan fingerprint density at radius 2 is 2.26 bits per heavy atom. The first kappa shape index (κ1) is 13.1. The maximum atomic E-state index is 10.6. The van der Waals surface area contributed by atoms with Crippen LogP contribution in [0.3, 0.4) is 0 Å². The molecule has 6 heteroatoms. The van der Waals surface area contributed by atoms with Crippen molar-refractivity contribution in [1.29, 1.82) is 0 Å². The van der Waals surface area contributed by atoms with E-state index in [1.807, 2.05) is 0 Å². The first-order chi connectivity index (χ1) is 9.11. The molecule has 1 atom stereocenters. The van der Waals surface area contributed by atoms with E-state index in [1.54, 1.807) is 37.6 Å². The van der Waals surface area contributed by atoms with Gasteiger partial charge in [-0.15, -0.1) is 0 Å². The molecule has 0 aliphatic rings. The number of aromatic nitrogens is 1. The van der Waals surface area contributed by atoms with Gasteiger partial charge in [0, 0.05) is 11.6 Å². The number of rotatable bonds is 5. The van der Waals surface area contributed by atoms with Crippen molar-refractivity contribution in [3.05, 3.63) is 30.5 Å². The lowest BCUT2D eigenvalue weighted by molar-refractivity contribution is -0.139. The molecule has 2 aromatic rings. The van der Waals surface area contributed by atoms with E-state index in [9.17, 15) is 4.79 Å². The highest BCUT2D eigenvalue weighted by Gasteiger charge is 2.13. The number of carboxylic acids is 1. The van der Waals surface area contributed by atoms with E-state index in [0.717, 1.165) is 10.9 Å². The fraction of sp³-hybridized carbons (Fsp3) is 0.231. The van der Waals surface area contributed by atoms with Crippen LogP contribution in [0.25, 0.3) is 10.9 Å². The Labute approximate surface area is 109 Å². The van der Waals surface area contributed by atoms with Crippen LogP contribution in [0.5, 0.6) is 11.5 Å². The lowest BCUT2D eigenvalue weighted by Gasteiger charge is -2.11. The minimum absolute atomic E-state index is 0.105. The molecule has 0 fully saturated rings. The molecule has 0 aliphatic heterocycles. The summed E-state index contributed by atoms with van der Waals surface area (Å²) in [4.78, 5) is 14.8. The Morgan fingerprint density at radius 1 is 1.47 bits per heavy atom. The summed E-state index contributed by atoms with van der Waals surface area (Å²) in [5.74, 6) is 0.101. The molecule has 1 aromatic heterocycles. The standard InChI is InChI=1S/C13H14N2O4/c1-18-8-2-3-11-9(6-8)12(4-5-15-11)19-7-10(14)13(16)17/h2-6,10H,7,14H2,1H3,(H,16,17). The van der Waals surface area contributed by atoms with E-state index in [2.05, 4.69) is 4.98 Å². The van der Waals surface area contributed by atoms with Gasteiger partial charge >= 0.3 is 5.97 Å². The van der Waals surface area contributed by atoms with E-state index in [1.165, 1.54) is 0 Å². The lowest BCUT2D eigenvalue weighted by atomic mass is 10.2. The second kappa shape index (κ2) is 5.53. The number of aliphatic carboxylic acids is 1. The van der Waals surface area contributed by atoms with Gasteiger partial charge in [0.15, 0.2) is 0 Å². The number of methoxy groups -OCH3 is 1. The van der Waals surface area contributed by atoms with E-state index in [4.69, 9.17) is 20.3 Å². The first-order valence-corrected chi connectivity index (χ1v) is 5.66. The van der Waals surface area contributed by atoms with Gasteiger partial charge in [0.25, 0.3) is 0 Å². The van der Waals surface area contributed by atoms with Gasteiger partial charge in [-0.25, -0.2) is 0 Å². The SMILES string of the molecule is COc1ccc2nccc(OCC(N)C(=O)O)c2c1. The van der Waals surface area contributed by atoms with Crippen LogP contribution in [0.1, 0.15) is 0 Å². The molecule has 0 amide bonds.